The van der Waals surface area contributed by atoms with Crippen molar-refractivity contribution in [2.75, 3.05) is 25.9 Å². The van der Waals surface area contributed by atoms with Gasteiger partial charge in [0.25, 0.3) is 0 Å². The first-order valence-electron chi connectivity index (χ1n) is 6.61. The average molecular weight is 263 g/mol. The van der Waals surface area contributed by atoms with Gasteiger partial charge in [-0.1, -0.05) is 12.1 Å². The maximum atomic E-state index is 11.7. The Morgan fingerprint density at radius 2 is 2.00 bits per heavy atom. The number of piperidine rings is 1. The Labute approximate surface area is 113 Å². The fraction of sp³-hybridized carbons (Fsp3) is 0.500. The number of ether oxygens (including phenoxy) is 1. The molecule has 1 fully saturated rings. The molecule has 0 radical (unpaired) electrons. The van der Waals surface area contributed by atoms with E-state index in [0.717, 1.165) is 37.2 Å². The van der Waals surface area contributed by atoms with Gasteiger partial charge < -0.3 is 20.7 Å². The first kappa shape index (κ1) is 13.7. The number of carbonyl (C=O) groups excluding carboxylic acids is 1. The molecule has 1 amide bonds. The minimum atomic E-state index is -0.341. The third kappa shape index (κ3) is 4.44. The van der Waals surface area contributed by atoms with Gasteiger partial charge in [0.2, 0.25) is 0 Å². The normalized spacial score (nSPS) is 17.1. The number of alkyl carbamates (subject to hydrolysis) is 1. The number of anilines is 1. The monoisotopic (exact) mass is 263 g/mol. The van der Waals surface area contributed by atoms with Gasteiger partial charge in [0.05, 0.1) is 0 Å². The summed E-state index contributed by atoms with van der Waals surface area (Å²) in [5.41, 5.74) is 7.33. The van der Waals surface area contributed by atoms with E-state index in [1.54, 1.807) is 0 Å². The molecule has 19 heavy (non-hydrogen) atoms. The quantitative estimate of drug-likeness (QED) is 0.813. The van der Waals surface area contributed by atoms with Gasteiger partial charge in [-0.2, -0.15) is 0 Å². The van der Waals surface area contributed by atoms with Crippen LogP contribution in [-0.2, 0) is 11.3 Å². The lowest BCUT2D eigenvalue weighted by molar-refractivity contribution is 0.0569. The van der Waals surface area contributed by atoms with Gasteiger partial charge in [0.15, 0.2) is 0 Å². The summed E-state index contributed by atoms with van der Waals surface area (Å²) in [5, 5.41) is 2.76. The van der Waals surface area contributed by atoms with Crippen molar-refractivity contribution in [3.05, 3.63) is 29.8 Å². The van der Waals surface area contributed by atoms with Crippen LogP contribution in [0.4, 0.5) is 10.5 Å². The smallest absolute Gasteiger partial charge is 0.407 e. The molecule has 1 aliphatic rings. The molecule has 1 saturated heterocycles. The largest absolute Gasteiger partial charge is 0.446 e. The molecule has 0 aliphatic carbocycles. The SMILES string of the molecule is CN1CCC(OC(=O)NCc2ccc(N)cc2)CC1. The topological polar surface area (TPSA) is 67.6 Å². The van der Waals surface area contributed by atoms with Crippen LogP contribution < -0.4 is 11.1 Å². The second kappa shape index (κ2) is 6.43. The highest BCUT2D eigenvalue weighted by atomic mass is 16.6. The Bertz CT molecular complexity index is 411. The minimum Gasteiger partial charge on any atom is -0.446 e. The summed E-state index contributed by atoms with van der Waals surface area (Å²) in [6.07, 6.45) is 1.52. The van der Waals surface area contributed by atoms with Crippen molar-refractivity contribution in [1.29, 1.82) is 0 Å². The van der Waals surface area contributed by atoms with Gasteiger partial charge in [0.1, 0.15) is 6.10 Å². The average Bonchev–Trinajstić information content (AvgIpc) is 2.41. The lowest BCUT2D eigenvalue weighted by Gasteiger charge is -2.28. The van der Waals surface area contributed by atoms with Gasteiger partial charge in [-0.15, -0.1) is 0 Å². The Kier molecular flexibility index (Phi) is 4.63. The van der Waals surface area contributed by atoms with Crippen LogP contribution in [-0.4, -0.2) is 37.2 Å². The second-order valence-electron chi connectivity index (χ2n) is 5.00. The van der Waals surface area contributed by atoms with E-state index in [1.165, 1.54) is 0 Å². The lowest BCUT2D eigenvalue weighted by atomic mass is 10.1. The Hall–Kier alpha value is -1.75. The number of rotatable bonds is 3. The molecule has 3 N–H and O–H groups in total. The lowest BCUT2D eigenvalue weighted by Crippen LogP contribution is -2.37. The summed E-state index contributed by atoms with van der Waals surface area (Å²) in [7, 11) is 2.08. The van der Waals surface area contributed by atoms with E-state index < -0.39 is 0 Å². The molecule has 5 nitrogen and oxygen atoms in total. The molecule has 5 heteroatoms. The van der Waals surface area contributed by atoms with Crippen molar-refractivity contribution in [2.45, 2.75) is 25.5 Å². The summed E-state index contributed by atoms with van der Waals surface area (Å²) in [6.45, 7) is 2.43. The van der Waals surface area contributed by atoms with Gasteiger partial charge in [-0.3, -0.25) is 0 Å². The van der Waals surface area contributed by atoms with Crippen LogP contribution in [0, 0.1) is 0 Å². The van der Waals surface area contributed by atoms with E-state index in [0.29, 0.717) is 6.54 Å². The zero-order chi connectivity index (χ0) is 13.7. The number of hydrogen-bond acceptors (Lipinski definition) is 4. The standard InChI is InChI=1S/C14H21N3O2/c1-17-8-6-13(7-9-17)19-14(18)16-10-11-2-4-12(15)5-3-11/h2-5,13H,6-10,15H2,1H3,(H,16,18). The Morgan fingerprint density at radius 3 is 2.63 bits per heavy atom. The van der Waals surface area contributed by atoms with Crippen LogP contribution in [0.15, 0.2) is 24.3 Å². The first-order valence-corrected chi connectivity index (χ1v) is 6.61. The molecule has 1 aromatic carbocycles. The maximum absolute atomic E-state index is 11.7. The number of hydrogen-bond donors (Lipinski definition) is 2. The highest BCUT2D eigenvalue weighted by molar-refractivity contribution is 5.67. The molecule has 1 heterocycles. The predicted octanol–water partition coefficient (Wildman–Crippen LogP) is 1.59. The fourth-order valence-corrected chi connectivity index (χ4v) is 2.11. The number of likely N-dealkylation sites (tertiary alicyclic amines) is 1. The fourth-order valence-electron chi connectivity index (χ4n) is 2.11. The van der Waals surface area contributed by atoms with Crippen LogP contribution in [0.25, 0.3) is 0 Å². The van der Waals surface area contributed by atoms with Crippen molar-refractivity contribution < 1.29 is 9.53 Å². The van der Waals surface area contributed by atoms with Crippen molar-refractivity contribution in [1.82, 2.24) is 10.2 Å². The number of nitrogens with one attached hydrogen (secondary N) is 1. The van der Waals surface area contributed by atoms with Gasteiger partial charge in [0, 0.05) is 25.3 Å². The van der Waals surface area contributed by atoms with Gasteiger partial charge in [-0.05, 0) is 37.6 Å². The number of nitrogens with two attached hydrogens (primary N) is 1. The summed E-state index contributed by atoms with van der Waals surface area (Å²) in [4.78, 5) is 13.9. The number of carbonyl (C=O) groups is 1. The Morgan fingerprint density at radius 1 is 1.37 bits per heavy atom. The summed E-state index contributed by atoms with van der Waals surface area (Å²) in [5.74, 6) is 0. The van der Waals surface area contributed by atoms with Crippen molar-refractivity contribution in [3.8, 4) is 0 Å². The third-order valence-corrected chi connectivity index (χ3v) is 3.36. The van der Waals surface area contributed by atoms with E-state index in [2.05, 4.69) is 17.3 Å². The van der Waals surface area contributed by atoms with Crippen LogP contribution >= 0.6 is 0 Å². The molecule has 0 unspecified atom stereocenters. The highest BCUT2D eigenvalue weighted by Crippen LogP contribution is 2.12. The number of amides is 1. The van der Waals surface area contributed by atoms with Gasteiger partial charge in [-0.25, -0.2) is 4.79 Å². The van der Waals surface area contributed by atoms with Crippen LogP contribution in [0.1, 0.15) is 18.4 Å². The van der Waals surface area contributed by atoms with E-state index in [9.17, 15) is 4.79 Å². The minimum absolute atomic E-state index is 0.0441. The van der Waals surface area contributed by atoms with E-state index in [-0.39, 0.29) is 12.2 Å². The highest BCUT2D eigenvalue weighted by Gasteiger charge is 2.19. The first-order chi connectivity index (χ1) is 9.13. The molecule has 1 aliphatic heterocycles. The third-order valence-electron chi connectivity index (χ3n) is 3.36. The van der Waals surface area contributed by atoms with Crippen LogP contribution in [0.5, 0.6) is 0 Å². The molecule has 2 rings (SSSR count). The maximum Gasteiger partial charge on any atom is 0.407 e. The molecule has 104 valence electrons. The summed E-state index contributed by atoms with van der Waals surface area (Å²) in [6, 6.07) is 7.43. The number of nitrogen functional groups attached to an aromatic ring is 1. The van der Waals surface area contributed by atoms with Gasteiger partial charge >= 0.3 is 6.09 Å². The van der Waals surface area contributed by atoms with E-state index in [4.69, 9.17) is 10.5 Å². The molecule has 1 aromatic rings. The second-order valence-corrected chi connectivity index (χ2v) is 5.00. The zero-order valence-electron chi connectivity index (χ0n) is 11.3. The predicted molar refractivity (Wildman–Crippen MR) is 74.7 cm³/mol. The Balaban J connectivity index is 1.71. The molecule has 0 atom stereocenters. The zero-order valence-corrected chi connectivity index (χ0v) is 11.3. The van der Waals surface area contributed by atoms with Crippen LogP contribution in [0.3, 0.4) is 0 Å². The molecule has 0 spiro atoms. The summed E-state index contributed by atoms with van der Waals surface area (Å²) < 4.78 is 5.38. The van der Waals surface area contributed by atoms with Crippen molar-refractivity contribution >= 4 is 11.8 Å². The molecule has 0 bridgehead atoms. The number of nitrogens with zero attached hydrogens (tertiary/aromatic N) is 1. The van der Waals surface area contributed by atoms with Crippen molar-refractivity contribution in [3.63, 3.8) is 0 Å². The molecule has 0 saturated carbocycles. The molecular formula is C14H21N3O2. The van der Waals surface area contributed by atoms with E-state index >= 15 is 0 Å². The summed E-state index contributed by atoms with van der Waals surface area (Å²) >= 11 is 0. The molecular weight excluding hydrogens is 242 g/mol. The molecule has 0 aromatic heterocycles. The van der Waals surface area contributed by atoms with Crippen LogP contribution in [0.2, 0.25) is 0 Å². The number of benzene rings is 1. The van der Waals surface area contributed by atoms with Crippen molar-refractivity contribution in [2.24, 2.45) is 0 Å². The van der Waals surface area contributed by atoms with E-state index in [1.807, 2.05) is 24.3 Å².